The molecule has 2 aromatic carbocycles. The normalized spacial score (nSPS) is 10.8. The van der Waals surface area contributed by atoms with Crippen molar-refractivity contribution in [3.8, 4) is 28.8 Å². The Kier molecular flexibility index (Phi) is 5.93. The third kappa shape index (κ3) is 4.49. The number of benzene rings is 2. The molecule has 1 aromatic heterocycles. The van der Waals surface area contributed by atoms with Gasteiger partial charge in [0.2, 0.25) is 5.91 Å². The van der Waals surface area contributed by atoms with Crippen LogP contribution in [0.3, 0.4) is 0 Å². The van der Waals surface area contributed by atoms with Gasteiger partial charge in [0.25, 0.3) is 0 Å². The van der Waals surface area contributed by atoms with Crippen molar-refractivity contribution in [2.45, 2.75) is 20.3 Å². The van der Waals surface area contributed by atoms with Gasteiger partial charge in [-0.3, -0.25) is 4.79 Å². The summed E-state index contributed by atoms with van der Waals surface area (Å²) in [4.78, 5) is 16.4. The van der Waals surface area contributed by atoms with Gasteiger partial charge in [0, 0.05) is 17.7 Å². The number of rotatable bonds is 7. The van der Waals surface area contributed by atoms with E-state index < -0.39 is 0 Å². The lowest BCUT2D eigenvalue weighted by Crippen LogP contribution is -2.13. The van der Waals surface area contributed by atoms with Crippen molar-refractivity contribution < 1.29 is 14.3 Å². The number of methoxy groups -OCH3 is 2. The number of ether oxygens (including phenoxy) is 2. The van der Waals surface area contributed by atoms with Gasteiger partial charge in [-0.15, -0.1) is 5.10 Å². The molecule has 0 aliphatic carbocycles. The van der Waals surface area contributed by atoms with Gasteiger partial charge in [-0.1, -0.05) is 13.8 Å². The van der Waals surface area contributed by atoms with E-state index in [-0.39, 0.29) is 11.9 Å². The number of carbonyl (C=O) groups is 1. The first-order valence-electron chi connectivity index (χ1n) is 9.06. The average molecular weight is 380 g/mol. The molecule has 0 aliphatic heterocycles. The molecule has 7 nitrogen and oxygen atoms in total. The number of hydrogen-bond donors (Lipinski definition) is 1. The smallest absolute Gasteiger partial charge is 0.336 e. The maximum Gasteiger partial charge on any atom is 0.336 e. The fraction of sp³-hybridized carbons (Fsp3) is 0.286. The average Bonchev–Trinajstić information content (AvgIpc) is 3.12. The van der Waals surface area contributed by atoms with Crippen LogP contribution in [0.15, 0.2) is 48.5 Å². The van der Waals surface area contributed by atoms with Crippen LogP contribution in [0.1, 0.15) is 20.3 Å². The molecule has 0 fully saturated rings. The molecule has 146 valence electrons. The number of nitrogens with zero attached hydrogens (tertiary/aromatic N) is 3. The monoisotopic (exact) mass is 380 g/mol. The second-order valence-corrected chi connectivity index (χ2v) is 6.76. The molecule has 0 radical (unpaired) electrons. The Bertz CT molecular complexity index is 931. The number of hydrogen-bond acceptors (Lipinski definition) is 5. The van der Waals surface area contributed by atoms with Crippen molar-refractivity contribution in [1.29, 1.82) is 0 Å². The van der Waals surface area contributed by atoms with E-state index in [0.29, 0.717) is 18.2 Å². The largest absolute Gasteiger partial charge is 0.497 e. The Balaban J connectivity index is 1.88. The molecule has 0 bridgehead atoms. The van der Waals surface area contributed by atoms with Crippen LogP contribution < -0.4 is 14.8 Å². The van der Waals surface area contributed by atoms with E-state index in [4.69, 9.17) is 9.47 Å². The molecule has 0 spiro atoms. The first-order valence-corrected chi connectivity index (χ1v) is 9.06. The molecule has 0 unspecified atom stereocenters. The van der Waals surface area contributed by atoms with E-state index in [1.807, 2.05) is 62.4 Å². The number of nitrogens with one attached hydrogen (secondary N) is 1. The molecule has 1 heterocycles. The molecule has 3 rings (SSSR count). The molecular formula is C21H24N4O3. The standard InChI is InChI=1S/C21H24N4O3/c1-14(2)13-19(26)22-16-7-9-17(10-8-16)25-20(23-21(24-25)28-4)15-5-11-18(27-3)12-6-15/h5-12,14H,13H2,1-4H3,(H,22,26). The van der Waals surface area contributed by atoms with Crippen molar-refractivity contribution in [3.63, 3.8) is 0 Å². The highest BCUT2D eigenvalue weighted by atomic mass is 16.5. The maximum absolute atomic E-state index is 11.9. The first kappa shape index (κ1) is 19.4. The van der Waals surface area contributed by atoms with Gasteiger partial charge in [0.05, 0.1) is 19.9 Å². The lowest BCUT2D eigenvalue weighted by atomic mass is 10.1. The Morgan fingerprint density at radius 1 is 1.04 bits per heavy atom. The molecule has 0 saturated carbocycles. The Labute approximate surface area is 164 Å². The second-order valence-electron chi connectivity index (χ2n) is 6.76. The van der Waals surface area contributed by atoms with Gasteiger partial charge < -0.3 is 14.8 Å². The van der Waals surface area contributed by atoms with Gasteiger partial charge in [0.15, 0.2) is 5.82 Å². The molecule has 1 amide bonds. The summed E-state index contributed by atoms with van der Waals surface area (Å²) in [6.45, 7) is 4.03. The van der Waals surface area contributed by atoms with Crippen LogP contribution in [0.25, 0.3) is 17.1 Å². The fourth-order valence-corrected chi connectivity index (χ4v) is 2.76. The maximum atomic E-state index is 11.9. The van der Waals surface area contributed by atoms with Crippen LogP contribution in [-0.2, 0) is 4.79 Å². The molecule has 28 heavy (non-hydrogen) atoms. The highest BCUT2D eigenvalue weighted by Crippen LogP contribution is 2.26. The van der Waals surface area contributed by atoms with Crippen LogP contribution in [0.4, 0.5) is 5.69 Å². The van der Waals surface area contributed by atoms with Gasteiger partial charge >= 0.3 is 6.01 Å². The minimum absolute atomic E-state index is 0.00379. The lowest BCUT2D eigenvalue weighted by molar-refractivity contribution is -0.116. The summed E-state index contributed by atoms with van der Waals surface area (Å²) in [7, 11) is 3.16. The van der Waals surface area contributed by atoms with E-state index in [1.165, 1.54) is 7.11 Å². The van der Waals surface area contributed by atoms with Crippen molar-refractivity contribution in [3.05, 3.63) is 48.5 Å². The van der Waals surface area contributed by atoms with Gasteiger partial charge in [-0.05, 0) is 54.4 Å². The quantitative estimate of drug-likeness (QED) is 0.672. The summed E-state index contributed by atoms with van der Waals surface area (Å²) < 4.78 is 12.1. The fourth-order valence-electron chi connectivity index (χ4n) is 2.76. The molecule has 1 N–H and O–H groups in total. The van der Waals surface area contributed by atoms with Crippen molar-refractivity contribution >= 4 is 11.6 Å². The highest BCUT2D eigenvalue weighted by Gasteiger charge is 2.14. The highest BCUT2D eigenvalue weighted by molar-refractivity contribution is 5.90. The Morgan fingerprint density at radius 3 is 2.29 bits per heavy atom. The van der Waals surface area contributed by atoms with Crippen molar-refractivity contribution in [1.82, 2.24) is 14.8 Å². The van der Waals surface area contributed by atoms with E-state index >= 15 is 0 Å². The molecular weight excluding hydrogens is 356 g/mol. The van der Waals surface area contributed by atoms with Crippen LogP contribution in [0.5, 0.6) is 11.8 Å². The molecule has 0 saturated heterocycles. The van der Waals surface area contributed by atoms with Crippen LogP contribution in [-0.4, -0.2) is 34.9 Å². The summed E-state index contributed by atoms with van der Waals surface area (Å²) in [6.07, 6.45) is 0.490. The third-order valence-corrected chi connectivity index (χ3v) is 4.11. The van der Waals surface area contributed by atoms with Gasteiger partial charge in [0.1, 0.15) is 5.75 Å². The third-order valence-electron chi connectivity index (χ3n) is 4.11. The number of carbonyl (C=O) groups excluding carboxylic acids is 1. The van der Waals surface area contributed by atoms with E-state index in [0.717, 1.165) is 22.7 Å². The number of amides is 1. The molecule has 0 atom stereocenters. The van der Waals surface area contributed by atoms with Crippen LogP contribution in [0.2, 0.25) is 0 Å². The summed E-state index contributed by atoms with van der Waals surface area (Å²) in [5, 5.41) is 7.32. The number of anilines is 1. The van der Waals surface area contributed by atoms with E-state index in [2.05, 4.69) is 15.4 Å². The minimum Gasteiger partial charge on any atom is -0.497 e. The van der Waals surface area contributed by atoms with Crippen LogP contribution in [0, 0.1) is 5.92 Å². The van der Waals surface area contributed by atoms with E-state index in [9.17, 15) is 4.79 Å². The predicted molar refractivity (Wildman–Crippen MR) is 108 cm³/mol. The SMILES string of the molecule is COc1ccc(-c2nc(OC)nn2-c2ccc(NC(=O)CC(C)C)cc2)cc1. The molecule has 0 aliphatic rings. The minimum atomic E-state index is 0.00379. The second kappa shape index (κ2) is 8.56. The Hall–Kier alpha value is -3.35. The predicted octanol–water partition coefficient (Wildman–Crippen LogP) is 3.94. The molecule has 3 aromatic rings. The van der Waals surface area contributed by atoms with Gasteiger partial charge in [-0.2, -0.15) is 4.98 Å². The molecule has 7 heteroatoms. The van der Waals surface area contributed by atoms with Crippen molar-refractivity contribution in [2.24, 2.45) is 5.92 Å². The van der Waals surface area contributed by atoms with Crippen LogP contribution >= 0.6 is 0 Å². The topological polar surface area (TPSA) is 78.3 Å². The van der Waals surface area contributed by atoms with E-state index in [1.54, 1.807) is 11.8 Å². The lowest BCUT2D eigenvalue weighted by Gasteiger charge is -2.09. The summed E-state index contributed by atoms with van der Waals surface area (Å²) in [5.41, 5.74) is 2.43. The number of aromatic nitrogens is 3. The van der Waals surface area contributed by atoms with Gasteiger partial charge in [-0.25, -0.2) is 4.68 Å². The zero-order chi connectivity index (χ0) is 20.1. The Morgan fingerprint density at radius 2 is 1.71 bits per heavy atom. The zero-order valence-electron chi connectivity index (χ0n) is 16.5. The first-order chi connectivity index (χ1) is 13.5. The zero-order valence-corrected chi connectivity index (χ0v) is 16.5. The summed E-state index contributed by atoms with van der Waals surface area (Å²) >= 11 is 0. The summed E-state index contributed by atoms with van der Waals surface area (Å²) in [6, 6.07) is 15.3. The summed E-state index contributed by atoms with van der Waals surface area (Å²) in [5.74, 6) is 1.73. The van der Waals surface area contributed by atoms with Crippen molar-refractivity contribution in [2.75, 3.05) is 19.5 Å².